The molecule has 4 nitrogen and oxygen atoms in total. The molecule has 118 valence electrons. The maximum Gasteiger partial charge on any atom is 0.0627 e. The summed E-state index contributed by atoms with van der Waals surface area (Å²) in [4.78, 5) is 4.84. The van der Waals surface area contributed by atoms with Crippen LogP contribution >= 0.6 is 0 Å². The van der Waals surface area contributed by atoms with Crippen LogP contribution in [0.5, 0.6) is 0 Å². The summed E-state index contributed by atoms with van der Waals surface area (Å²) in [5, 5.41) is 0. The number of hydrogen-bond donors (Lipinski definition) is 2. The Labute approximate surface area is 129 Å². The fraction of sp³-hybridized carbons (Fsp3) is 0.647. The first kappa shape index (κ1) is 16.4. The van der Waals surface area contributed by atoms with Crippen molar-refractivity contribution in [2.45, 2.75) is 38.3 Å². The van der Waals surface area contributed by atoms with E-state index in [1.54, 1.807) is 0 Å². The van der Waals surface area contributed by atoms with E-state index >= 15 is 0 Å². The molecular formula is C17H30N4. The molecule has 1 aliphatic rings. The highest BCUT2D eigenvalue weighted by Gasteiger charge is 2.28. The van der Waals surface area contributed by atoms with Crippen LogP contribution in [-0.4, -0.2) is 49.6 Å². The third-order valence-corrected chi connectivity index (χ3v) is 4.64. The molecule has 4 heteroatoms. The van der Waals surface area contributed by atoms with E-state index in [0.717, 1.165) is 19.6 Å². The number of benzene rings is 1. The quantitative estimate of drug-likeness (QED) is 0.657. The van der Waals surface area contributed by atoms with Crippen molar-refractivity contribution in [3.8, 4) is 0 Å². The van der Waals surface area contributed by atoms with Crippen molar-refractivity contribution in [1.82, 2.24) is 15.2 Å². The van der Waals surface area contributed by atoms with E-state index in [9.17, 15) is 0 Å². The lowest BCUT2D eigenvalue weighted by atomic mass is 9.95. The van der Waals surface area contributed by atoms with Crippen molar-refractivity contribution in [3.05, 3.63) is 35.4 Å². The molecule has 1 aliphatic heterocycles. The summed E-state index contributed by atoms with van der Waals surface area (Å²) in [7, 11) is 4.40. The van der Waals surface area contributed by atoms with E-state index in [1.165, 1.54) is 17.5 Å². The normalized spacial score (nSPS) is 23.2. The molecule has 21 heavy (non-hydrogen) atoms. The molecule has 0 aromatic heterocycles. The second-order valence-corrected chi connectivity index (χ2v) is 6.63. The molecule has 1 aromatic carbocycles. The highest BCUT2D eigenvalue weighted by Crippen LogP contribution is 2.24. The maximum atomic E-state index is 5.90. The molecule has 2 atom stereocenters. The molecule has 3 N–H and O–H groups in total. The van der Waals surface area contributed by atoms with Gasteiger partial charge in [-0.15, -0.1) is 0 Å². The van der Waals surface area contributed by atoms with Crippen LogP contribution in [0.2, 0.25) is 0 Å². The Hall–Kier alpha value is -0.940. The first-order chi connectivity index (χ1) is 10.0. The lowest BCUT2D eigenvalue weighted by Gasteiger charge is -2.34. The molecule has 0 aliphatic carbocycles. The van der Waals surface area contributed by atoms with E-state index in [2.05, 4.69) is 67.4 Å². The van der Waals surface area contributed by atoms with Gasteiger partial charge in [0.1, 0.15) is 0 Å². The molecule has 1 fully saturated rings. The topological polar surface area (TPSA) is 44.5 Å². The number of rotatable bonds is 4. The summed E-state index contributed by atoms with van der Waals surface area (Å²) in [5.74, 6) is 6.46. The van der Waals surface area contributed by atoms with Gasteiger partial charge in [-0.1, -0.05) is 38.1 Å². The lowest BCUT2D eigenvalue weighted by Crippen LogP contribution is -2.48. The Morgan fingerprint density at radius 1 is 1.10 bits per heavy atom. The number of nitrogens with two attached hydrogens (primary N) is 1. The largest absolute Gasteiger partial charge is 0.305 e. The summed E-state index contributed by atoms with van der Waals surface area (Å²) < 4.78 is 0. The first-order valence-corrected chi connectivity index (χ1v) is 7.97. The van der Waals surface area contributed by atoms with Crippen LogP contribution in [0, 0.1) is 0 Å². The SMILES string of the molecule is CC(C)c1ccc(C(NN)C2CN(C)CCCN2C)cc1. The van der Waals surface area contributed by atoms with E-state index in [4.69, 9.17) is 5.84 Å². The number of hydrogen-bond acceptors (Lipinski definition) is 4. The van der Waals surface area contributed by atoms with Crippen LogP contribution in [0.3, 0.4) is 0 Å². The monoisotopic (exact) mass is 290 g/mol. The smallest absolute Gasteiger partial charge is 0.0627 e. The second kappa shape index (κ2) is 7.36. The Morgan fingerprint density at radius 3 is 2.29 bits per heavy atom. The molecule has 2 rings (SSSR count). The predicted octanol–water partition coefficient (Wildman–Crippen LogP) is 1.95. The minimum Gasteiger partial charge on any atom is -0.305 e. The Bertz CT molecular complexity index is 429. The van der Waals surface area contributed by atoms with Crippen molar-refractivity contribution < 1.29 is 0 Å². The minimum atomic E-state index is 0.164. The van der Waals surface area contributed by atoms with Gasteiger partial charge in [0.05, 0.1) is 6.04 Å². The van der Waals surface area contributed by atoms with Crippen LogP contribution in [-0.2, 0) is 0 Å². The summed E-state index contributed by atoms with van der Waals surface area (Å²) in [6.45, 7) is 7.77. The summed E-state index contributed by atoms with van der Waals surface area (Å²) in [6.07, 6.45) is 1.22. The molecule has 1 aromatic rings. The average Bonchev–Trinajstić information content (AvgIpc) is 2.62. The number of nitrogens with one attached hydrogen (secondary N) is 1. The van der Waals surface area contributed by atoms with Crippen molar-refractivity contribution in [3.63, 3.8) is 0 Å². The predicted molar refractivity (Wildman–Crippen MR) is 89.1 cm³/mol. The van der Waals surface area contributed by atoms with Crippen molar-refractivity contribution >= 4 is 0 Å². The molecule has 0 spiro atoms. The average molecular weight is 290 g/mol. The summed E-state index contributed by atoms with van der Waals surface area (Å²) in [5.41, 5.74) is 5.70. The number of likely N-dealkylation sites (N-methyl/N-ethyl adjacent to an activating group) is 2. The van der Waals surface area contributed by atoms with E-state index in [0.29, 0.717) is 12.0 Å². The molecule has 0 saturated carbocycles. The standard InChI is InChI=1S/C17H30N4/c1-13(2)14-6-8-15(9-7-14)17(19-18)16-12-20(3)10-5-11-21(16)4/h6-9,13,16-17,19H,5,10-12,18H2,1-4H3. The van der Waals surface area contributed by atoms with Crippen LogP contribution in [0.1, 0.15) is 43.4 Å². The van der Waals surface area contributed by atoms with Crippen LogP contribution in [0.15, 0.2) is 24.3 Å². The lowest BCUT2D eigenvalue weighted by molar-refractivity contribution is 0.178. The fourth-order valence-corrected chi connectivity index (χ4v) is 3.18. The number of hydrazine groups is 1. The van der Waals surface area contributed by atoms with Gasteiger partial charge in [0.2, 0.25) is 0 Å². The summed E-state index contributed by atoms with van der Waals surface area (Å²) in [6, 6.07) is 9.45. The Kier molecular flexibility index (Phi) is 5.76. The zero-order chi connectivity index (χ0) is 15.4. The zero-order valence-corrected chi connectivity index (χ0v) is 13.8. The van der Waals surface area contributed by atoms with Crippen LogP contribution in [0.25, 0.3) is 0 Å². The molecule has 0 amide bonds. The highest BCUT2D eigenvalue weighted by atomic mass is 15.3. The van der Waals surface area contributed by atoms with E-state index < -0.39 is 0 Å². The van der Waals surface area contributed by atoms with Crippen molar-refractivity contribution in [2.24, 2.45) is 5.84 Å². The van der Waals surface area contributed by atoms with Gasteiger partial charge in [-0.3, -0.25) is 11.3 Å². The van der Waals surface area contributed by atoms with Crippen molar-refractivity contribution in [1.29, 1.82) is 0 Å². The van der Waals surface area contributed by atoms with E-state index in [1.807, 2.05) is 0 Å². The highest BCUT2D eigenvalue weighted by molar-refractivity contribution is 5.28. The maximum absolute atomic E-state index is 5.90. The van der Waals surface area contributed by atoms with Gasteiger partial charge in [-0.25, -0.2) is 0 Å². The molecule has 1 heterocycles. The van der Waals surface area contributed by atoms with Gasteiger partial charge in [0.15, 0.2) is 0 Å². The van der Waals surface area contributed by atoms with E-state index in [-0.39, 0.29) is 6.04 Å². The zero-order valence-electron chi connectivity index (χ0n) is 13.8. The fourth-order valence-electron chi connectivity index (χ4n) is 3.18. The van der Waals surface area contributed by atoms with Crippen LogP contribution < -0.4 is 11.3 Å². The second-order valence-electron chi connectivity index (χ2n) is 6.63. The minimum absolute atomic E-state index is 0.164. The van der Waals surface area contributed by atoms with Gasteiger partial charge in [0.25, 0.3) is 0 Å². The first-order valence-electron chi connectivity index (χ1n) is 7.97. The molecule has 0 bridgehead atoms. The molecule has 2 unspecified atom stereocenters. The third kappa shape index (κ3) is 4.04. The Balaban J connectivity index is 2.20. The molecule has 1 saturated heterocycles. The van der Waals surface area contributed by atoms with Gasteiger partial charge in [-0.05, 0) is 50.7 Å². The molecular weight excluding hydrogens is 260 g/mol. The van der Waals surface area contributed by atoms with Gasteiger partial charge >= 0.3 is 0 Å². The van der Waals surface area contributed by atoms with Gasteiger partial charge in [-0.2, -0.15) is 0 Å². The third-order valence-electron chi connectivity index (χ3n) is 4.64. The summed E-state index contributed by atoms with van der Waals surface area (Å²) >= 11 is 0. The molecule has 0 radical (unpaired) electrons. The Morgan fingerprint density at radius 2 is 1.71 bits per heavy atom. The van der Waals surface area contributed by atoms with Gasteiger partial charge in [0, 0.05) is 12.6 Å². The number of nitrogens with zero attached hydrogens (tertiary/aromatic N) is 2. The van der Waals surface area contributed by atoms with Gasteiger partial charge < -0.3 is 9.80 Å². The van der Waals surface area contributed by atoms with Crippen molar-refractivity contribution in [2.75, 3.05) is 33.7 Å². The van der Waals surface area contributed by atoms with Crippen LogP contribution in [0.4, 0.5) is 0 Å².